The Morgan fingerprint density at radius 2 is 2.22 bits per heavy atom. The first kappa shape index (κ1) is 11.3. The molecule has 0 aromatic heterocycles. The first-order valence-electron chi connectivity index (χ1n) is 6.12. The summed E-state index contributed by atoms with van der Waals surface area (Å²) in [7, 11) is 3.71. The molecular formula is C13H17N3O2. The molecule has 0 bridgehead atoms. The zero-order chi connectivity index (χ0) is 12.7. The number of fused-ring (bicyclic) bond motifs is 3. The molecule has 1 aromatic carbocycles. The van der Waals surface area contributed by atoms with Gasteiger partial charge >= 0.3 is 0 Å². The predicted molar refractivity (Wildman–Crippen MR) is 70.4 cm³/mol. The fraction of sp³-hybridized carbons (Fsp3) is 0.462. The number of anilines is 2. The summed E-state index contributed by atoms with van der Waals surface area (Å²) in [4.78, 5) is 16.2. The van der Waals surface area contributed by atoms with Gasteiger partial charge in [0, 0.05) is 26.2 Å². The number of nitrogens with zero attached hydrogens (tertiary/aromatic N) is 2. The van der Waals surface area contributed by atoms with Crippen LogP contribution in [0.2, 0.25) is 0 Å². The van der Waals surface area contributed by atoms with Gasteiger partial charge in [-0.1, -0.05) is 0 Å². The van der Waals surface area contributed by atoms with Crippen LogP contribution in [-0.2, 0) is 4.79 Å². The number of ether oxygens (including phenoxy) is 1. The average molecular weight is 247 g/mol. The predicted octanol–water partition coefficient (Wildman–Crippen LogP) is 0.450. The van der Waals surface area contributed by atoms with Crippen molar-refractivity contribution in [3.05, 3.63) is 18.2 Å². The normalized spacial score (nSPS) is 22.6. The molecule has 0 aliphatic carbocycles. The van der Waals surface area contributed by atoms with Gasteiger partial charge in [-0.25, -0.2) is 0 Å². The van der Waals surface area contributed by atoms with Crippen molar-refractivity contribution in [3.63, 3.8) is 0 Å². The summed E-state index contributed by atoms with van der Waals surface area (Å²) in [5.41, 5.74) is 2.04. The molecule has 1 atom stereocenters. The van der Waals surface area contributed by atoms with E-state index in [0.29, 0.717) is 6.54 Å². The minimum absolute atomic E-state index is 0.144. The standard InChI is InChI=1S/C13H17N3O2/c1-15-8-9-6-14-7-13(17)16(9)11-4-3-10(18-2)5-12(11)15/h3-5,9,14H,6-8H2,1-2H3. The smallest absolute Gasteiger partial charge is 0.241 e. The number of methoxy groups -OCH3 is 1. The second-order valence-corrected chi connectivity index (χ2v) is 4.78. The highest BCUT2D eigenvalue weighted by Gasteiger charge is 2.35. The lowest BCUT2D eigenvalue weighted by molar-refractivity contribution is -0.119. The van der Waals surface area contributed by atoms with Gasteiger partial charge in [0.2, 0.25) is 5.91 Å². The minimum atomic E-state index is 0.144. The van der Waals surface area contributed by atoms with Gasteiger partial charge in [0.05, 0.1) is 31.1 Å². The van der Waals surface area contributed by atoms with Crippen LogP contribution in [0.25, 0.3) is 0 Å². The molecule has 18 heavy (non-hydrogen) atoms. The van der Waals surface area contributed by atoms with Gasteiger partial charge in [0.1, 0.15) is 5.75 Å². The Hall–Kier alpha value is -1.75. The van der Waals surface area contributed by atoms with E-state index >= 15 is 0 Å². The highest BCUT2D eigenvalue weighted by atomic mass is 16.5. The Morgan fingerprint density at radius 1 is 1.39 bits per heavy atom. The molecule has 0 spiro atoms. The van der Waals surface area contributed by atoms with Gasteiger partial charge < -0.3 is 19.9 Å². The lowest BCUT2D eigenvalue weighted by Gasteiger charge is -2.44. The molecular weight excluding hydrogens is 230 g/mol. The number of piperazine rings is 1. The molecule has 1 unspecified atom stereocenters. The van der Waals surface area contributed by atoms with E-state index in [1.165, 1.54) is 0 Å². The van der Waals surface area contributed by atoms with E-state index in [0.717, 1.165) is 30.2 Å². The molecule has 2 aliphatic rings. The van der Waals surface area contributed by atoms with E-state index < -0.39 is 0 Å². The summed E-state index contributed by atoms with van der Waals surface area (Å²) in [5, 5.41) is 3.17. The van der Waals surface area contributed by atoms with Gasteiger partial charge in [-0.15, -0.1) is 0 Å². The number of hydrogen-bond acceptors (Lipinski definition) is 4. The maximum absolute atomic E-state index is 12.1. The second-order valence-electron chi connectivity index (χ2n) is 4.78. The van der Waals surface area contributed by atoms with Crippen molar-refractivity contribution in [1.29, 1.82) is 0 Å². The Labute approximate surface area is 106 Å². The minimum Gasteiger partial charge on any atom is -0.497 e. The largest absolute Gasteiger partial charge is 0.497 e. The maximum Gasteiger partial charge on any atom is 0.241 e. The summed E-state index contributed by atoms with van der Waals surface area (Å²) in [6.07, 6.45) is 0. The molecule has 0 saturated carbocycles. The molecule has 5 heteroatoms. The highest BCUT2D eigenvalue weighted by Crippen LogP contribution is 2.37. The summed E-state index contributed by atoms with van der Waals surface area (Å²) in [5.74, 6) is 0.965. The zero-order valence-corrected chi connectivity index (χ0v) is 10.6. The van der Waals surface area contributed by atoms with Crippen molar-refractivity contribution in [2.45, 2.75) is 6.04 Å². The molecule has 0 radical (unpaired) electrons. The third kappa shape index (κ3) is 1.62. The van der Waals surface area contributed by atoms with Crippen molar-refractivity contribution in [2.24, 2.45) is 0 Å². The SMILES string of the molecule is COc1ccc2c(c1)N(C)CC1CNCC(=O)N21. The highest BCUT2D eigenvalue weighted by molar-refractivity contribution is 6.00. The Bertz CT molecular complexity index is 489. The number of nitrogens with one attached hydrogen (secondary N) is 1. The van der Waals surface area contributed by atoms with Gasteiger partial charge in [-0.2, -0.15) is 0 Å². The molecule has 1 N–H and O–H groups in total. The van der Waals surface area contributed by atoms with Crippen LogP contribution in [0.4, 0.5) is 11.4 Å². The van der Waals surface area contributed by atoms with E-state index in [1.54, 1.807) is 7.11 Å². The van der Waals surface area contributed by atoms with Gasteiger partial charge in [-0.05, 0) is 12.1 Å². The van der Waals surface area contributed by atoms with Crippen molar-refractivity contribution in [1.82, 2.24) is 5.32 Å². The van der Waals surface area contributed by atoms with Crippen LogP contribution >= 0.6 is 0 Å². The number of amides is 1. The lowest BCUT2D eigenvalue weighted by Crippen LogP contribution is -2.61. The lowest BCUT2D eigenvalue weighted by atomic mass is 10.0. The van der Waals surface area contributed by atoms with E-state index in [4.69, 9.17) is 4.74 Å². The molecule has 1 fully saturated rings. The molecule has 1 amide bonds. The average Bonchev–Trinajstić information content (AvgIpc) is 2.38. The fourth-order valence-electron chi connectivity index (χ4n) is 2.76. The summed E-state index contributed by atoms with van der Waals surface area (Å²) in [6.45, 7) is 2.12. The molecule has 2 heterocycles. The van der Waals surface area contributed by atoms with E-state index in [-0.39, 0.29) is 11.9 Å². The van der Waals surface area contributed by atoms with Crippen LogP contribution < -0.4 is 19.9 Å². The van der Waals surface area contributed by atoms with Crippen molar-refractivity contribution < 1.29 is 9.53 Å². The van der Waals surface area contributed by atoms with Gasteiger partial charge in [0.15, 0.2) is 0 Å². The molecule has 1 saturated heterocycles. The van der Waals surface area contributed by atoms with Crippen molar-refractivity contribution in [3.8, 4) is 5.75 Å². The second kappa shape index (κ2) is 4.17. The summed E-state index contributed by atoms with van der Waals surface area (Å²) >= 11 is 0. The molecule has 2 aliphatic heterocycles. The van der Waals surface area contributed by atoms with Crippen LogP contribution in [0.1, 0.15) is 0 Å². The first-order valence-corrected chi connectivity index (χ1v) is 6.12. The zero-order valence-electron chi connectivity index (χ0n) is 10.6. The third-order valence-electron chi connectivity index (χ3n) is 3.63. The van der Waals surface area contributed by atoms with Crippen molar-refractivity contribution >= 4 is 17.3 Å². The van der Waals surface area contributed by atoms with Crippen molar-refractivity contribution in [2.75, 3.05) is 43.6 Å². The molecule has 3 rings (SSSR count). The number of carbonyl (C=O) groups excluding carboxylic acids is 1. The van der Waals surface area contributed by atoms with Gasteiger partial charge in [0.25, 0.3) is 0 Å². The van der Waals surface area contributed by atoms with Crippen LogP contribution in [0.3, 0.4) is 0 Å². The van der Waals surface area contributed by atoms with Gasteiger partial charge in [-0.3, -0.25) is 4.79 Å². The first-order chi connectivity index (χ1) is 8.70. The molecule has 1 aromatic rings. The van der Waals surface area contributed by atoms with Crippen LogP contribution in [0.15, 0.2) is 18.2 Å². The Kier molecular flexibility index (Phi) is 2.63. The third-order valence-corrected chi connectivity index (χ3v) is 3.63. The molecule has 96 valence electrons. The van der Waals surface area contributed by atoms with Crippen LogP contribution in [0.5, 0.6) is 5.75 Å². The number of rotatable bonds is 1. The number of benzene rings is 1. The number of carbonyl (C=O) groups is 1. The number of likely N-dealkylation sites (N-methyl/N-ethyl adjacent to an activating group) is 1. The van der Waals surface area contributed by atoms with E-state index in [9.17, 15) is 4.79 Å². The van der Waals surface area contributed by atoms with E-state index in [2.05, 4.69) is 17.3 Å². The van der Waals surface area contributed by atoms with E-state index in [1.807, 2.05) is 23.1 Å². The quantitative estimate of drug-likeness (QED) is 0.782. The van der Waals surface area contributed by atoms with Crippen LogP contribution in [0, 0.1) is 0 Å². The Morgan fingerprint density at radius 3 is 3.00 bits per heavy atom. The summed E-state index contributed by atoms with van der Waals surface area (Å²) in [6, 6.07) is 6.09. The topological polar surface area (TPSA) is 44.8 Å². The Balaban J connectivity index is 2.07. The maximum atomic E-state index is 12.1. The fourth-order valence-corrected chi connectivity index (χ4v) is 2.76. The summed E-state index contributed by atoms with van der Waals surface area (Å²) < 4.78 is 5.25. The molecule has 5 nitrogen and oxygen atoms in total. The van der Waals surface area contributed by atoms with Crippen LogP contribution in [-0.4, -0.2) is 45.7 Å². The monoisotopic (exact) mass is 247 g/mol. The number of hydrogen-bond donors (Lipinski definition) is 1.